The van der Waals surface area contributed by atoms with Crippen molar-refractivity contribution in [2.45, 2.75) is 31.9 Å². The highest BCUT2D eigenvalue weighted by Crippen LogP contribution is 2.34. The Morgan fingerprint density at radius 3 is 2.80 bits per heavy atom. The van der Waals surface area contributed by atoms with E-state index in [1.807, 2.05) is 19.1 Å². The summed E-state index contributed by atoms with van der Waals surface area (Å²) in [4.78, 5) is 1.13. The maximum Gasteiger partial charge on any atom is 0.106 e. The molecule has 0 saturated heterocycles. The minimum absolute atomic E-state index is 0.00287. The van der Waals surface area contributed by atoms with E-state index in [9.17, 15) is 0 Å². The molecule has 2 N–H and O–H groups in total. The molecule has 2 unspecified atom stereocenters. The van der Waals surface area contributed by atoms with Crippen molar-refractivity contribution in [3.05, 3.63) is 21.3 Å². The van der Waals surface area contributed by atoms with Gasteiger partial charge in [0, 0.05) is 10.9 Å². The molecule has 1 heterocycles. The number of rotatable bonds is 5. The van der Waals surface area contributed by atoms with E-state index in [4.69, 9.17) is 22.1 Å². The SMILES string of the molecule is CC(N)C(OCC1CC1)c1ccc(Cl)s1. The zero-order valence-electron chi connectivity index (χ0n) is 8.78. The first-order chi connectivity index (χ1) is 7.16. The van der Waals surface area contributed by atoms with Gasteiger partial charge in [-0.25, -0.2) is 0 Å². The minimum atomic E-state index is 0.00287. The van der Waals surface area contributed by atoms with Crippen LogP contribution in [0.25, 0.3) is 0 Å². The molecule has 4 heteroatoms. The molecular weight excluding hydrogens is 230 g/mol. The van der Waals surface area contributed by atoms with Crippen LogP contribution in [0.2, 0.25) is 4.34 Å². The highest BCUT2D eigenvalue weighted by atomic mass is 35.5. The summed E-state index contributed by atoms with van der Waals surface area (Å²) in [5.74, 6) is 0.765. The highest BCUT2D eigenvalue weighted by molar-refractivity contribution is 7.16. The number of halogens is 1. The van der Waals surface area contributed by atoms with Crippen LogP contribution in [0, 0.1) is 5.92 Å². The zero-order valence-corrected chi connectivity index (χ0v) is 10.4. The predicted molar refractivity (Wildman–Crippen MR) is 64.4 cm³/mol. The van der Waals surface area contributed by atoms with Crippen LogP contribution in [-0.4, -0.2) is 12.6 Å². The summed E-state index contributed by atoms with van der Waals surface area (Å²) in [7, 11) is 0. The van der Waals surface area contributed by atoms with Gasteiger partial charge >= 0.3 is 0 Å². The molecule has 0 amide bonds. The first-order valence-electron chi connectivity index (χ1n) is 5.29. The van der Waals surface area contributed by atoms with Crippen LogP contribution in [-0.2, 0) is 4.74 Å². The standard InChI is InChI=1S/C11H16ClNOS/c1-7(13)11(14-6-8-2-3-8)9-4-5-10(12)15-9/h4-5,7-8,11H,2-3,6,13H2,1H3. The van der Waals surface area contributed by atoms with E-state index in [0.29, 0.717) is 0 Å². The summed E-state index contributed by atoms with van der Waals surface area (Å²) < 4.78 is 6.65. The van der Waals surface area contributed by atoms with Gasteiger partial charge in [0.05, 0.1) is 10.9 Å². The van der Waals surface area contributed by atoms with Crippen LogP contribution in [0.15, 0.2) is 12.1 Å². The lowest BCUT2D eigenvalue weighted by molar-refractivity contribution is 0.0338. The second kappa shape index (κ2) is 4.83. The molecule has 1 aromatic heterocycles. The van der Waals surface area contributed by atoms with Crippen molar-refractivity contribution in [2.24, 2.45) is 11.7 Å². The molecule has 0 bridgehead atoms. The Kier molecular flexibility index (Phi) is 3.67. The van der Waals surface area contributed by atoms with E-state index < -0.39 is 0 Å². The number of ether oxygens (including phenoxy) is 1. The van der Waals surface area contributed by atoms with Gasteiger partial charge in [0.2, 0.25) is 0 Å². The molecule has 0 aliphatic heterocycles. The fourth-order valence-corrected chi connectivity index (χ4v) is 2.72. The monoisotopic (exact) mass is 245 g/mol. The van der Waals surface area contributed by atoms with E-state index in [-0.39, 0.29) is 12.1 Å². The summed E-state index contributed by atoms with van der Waals surface area (Å²) in [6.45, 7) is 2.81. The molecule has 84 valence electrons. The molecule has 2 rings (SSSR count). The largest absolute Gasteiger partial charge is 0.371 e. The van der Waals surface area contributed by atoms with E-state index in [2.05, 4.69) is 0 Å². The lowest BCUT2D eigenvalue weighted by Crippen LogP contribution is -2.26. The first-order valence-corrected chi connectivity index (χ1v) is 6.48. The van der Waals surface area contributed by atoms with Crippen molar-refractivity contribution in [1.29, 1.82) is 0 Å². The van der Waals surface area contributed by atoms with Gasteiger partial charge in [0.15, 0.2) is 0 Å². The van der Waals surface area contributed by atoms with Crippen LogP contribution in [0.1, 0.15) is 30.7 Å². The summed E-state index contributed by atoms with van der Waals surface area (Å²) in [5, 5.41) is 0. The third-order valence-electron chi connectivity index (χ3n) is 2.56. The number of hydrogen-bond donors (Lipinski definition) is 1. The Morgan fingerprint density at radius 2 is 2.33 bits per heavy atom. The highest BCUT2D eigenvalue weighted by Gasteiger charge is 2.25. The number of hydrogen-bond acceptors (Lipinski definition) is 3. The molecule has 1 aliphatic rings. The van der Waals surface area contributed by atoms with E-state index >= 15 is 0 Å². The fourth-order valence-electron chi connectivity index (χ4n) is 1.50. The lowest BCUT2D eigenvalue weighted by atomic mass is 10.1. The van der Waals surface area contributed by atoms with Gasteiger partial charge < -0.3 is 10.5 Å². The molecule has 0 spiro atoms. The second-order valence-corrected chi connectivity index (χ2v) is 5.94. The van der Waals surface area contributed by atoms with Gasteiger partial charge in [-0.05, 0) is 37.8 Å². The van der Waals surface area contributed by atoms with E-state index in [1.54, 1.807) is 11.3 Å². The zero-order chi connectivity index (χ0) is 10.8. The van der Waals surface area contributed by atoms with Crippen LogP contribution in [0.4, 0.5) is 0 Å². The van der Waals surface area contributed by atoms with Crippen molar-refractivity contribution < 1.29 is 4.74 Å². The van der Waals surface area contributed by atoms with Crippen LogP contribution < -0.4 is 5.73 Å². The van der Waals surface area contributed by atoms with Gasteiger partial charge in [-0.2, -0.15) is 0 Å². The number of nitrogens with two attached hydrogens (primary N) is 1. The van der Waals surface area contributed by atoms with Crippen LogP contribution in [0.5, 0.6) is 0 Å². The predicted octanol–water partition coefficient (Wildman–Crippen LogP) is 3.22. The molecule has 1 saturated carbocycles. The molecule has 1 aromatic rings. The van der Waals surface area contributed by atoms with Gasteiger partial charge in [-0.15, -0.1) is 11.3 Å². The van der Waals surface area contributed by atoms with Crippen molar-refractivity contribution in [2.75, 3.05) is 6.61 Å². The van der Waals surface area contributed by atoms with Gasteiger partial charge in [0.25, 0.3) is 0 Å². The lowest BCUT2D eigenvalue weighted by Gasteiger charge is -2.20. The van der Waals surface area contributed by atoms with Gasteiger partial charge in [0.1, 0.15) is 6.10 Å². The van der Waals surface area contributed by atoms with Gasteiger partial charge in [-0.1, -0.05) is 11.6 Å². The van der Waals surface area contributed by atoms with Crippen molar-refractivity contribution in [3.8, 4) is 0 Å². The minimum Gasteiger partial charge on any atom is -0.371 e. The molecule has 2 nitrogen and oxygen atoms in total. The van der Waals surface area contributed by atoms with Crippen LogP contribution >= 0.6 is 22.9 Å². The van der Waals surface area contributed by atoms with Gasteiger partial charge in [-0.3, -0.25) is 0 Å². The average Bonchev–Trinajstić information content (AvgIpc) is 2.89. The summed E-state index contributed by atoms with van der Waals surface area (Å²) >= 11 is 7.46. The number of thiophene rings is 1. The molecule has 2 atom stereocenters. The van der Waals surface area contributed by atoms with E-state index in [0.717, 1.165) is 21.7 Å². The Bertz CT molecular complexity index is 322. The molecule has 0 aromatic carbocycles. The normalized spacial score (nSPS) is 20.2. The van der Waals surface area contributed by atoms with Crippen LogP contribution in [0.3, 0.4) is 0 Å². The Morgan fingerprint density at radius 1 is 1.60 bits per heavy atom. The first kappa shape index (κ1) is 11.4. The summed E-state index contributed by atoms with van der Waals surface area (Å²) in [6.07, 6.45) is 2.61. The topological polar surface area (TPSA) is 35.2 Å². The molecule has 1 fully saturated rings. The average molecular weight is 246 g/mol. The third-order valence-corrected chi connectivity index (χ3v) is 3.85. The summed E-state index contributed by atoms with van der Waals surface area (Å²) in [6, 6.07) is 3.92. The Labute approximate surface area is 99.4 Å². The molecule has 1 aliphatic carbocycles. The van der Waals surface area contributed by atoms with E-state index in [1.165, 1.54) is 12.8 Å². The maximum absolute atomic E-state index is 5.92. The molecule has 0 radical (unpaired) electrons. The van der Waals surface area contributed by atoms with Crippen molar-refractivity contribution >= 4 is 22.9 Å². The fraction of sp³-hybridized carbons (Fsp3) is 0.636. The summed E-state index contributed by atoms with van der Waals surface area (Å²) in [5.41, 5.74) is 5.92. The Hall–Kier alpha value is -0.0900. The third kappa shape index (κ3) is 3.18. The molecular formula is C11H16ClNOS. The molecule has 15 heavy (non-hydrogen) atoms. The smallest absolute Gasteiger partial charge is 0.106 e. The van der Waals surface area contributed by atoms with Crippen molar-refractivity contribution in [3.63, 3.8) is 0 Å². The quantitative estimate of drug-likeness (QED) is 0.865. The maximum atomic E-state index is 5.92. The second-order valence-electron chi connectivity index (χ2n) is 4.20. The Balaban J connectivity index is 1.97. The van der Waals surface area contributed by atoms with Crippen molar-refractivity contribution in [1.82, 2.24) is 0 Å².